The second-order valence-corrected chi connectivity index (χ2v) is 4.44. The molecule has 0 saturated heterocycles. The molecule has 116 valence electrons. The molecule has 0 aliphatic rings. The molecule has 7 N–H and O–H groups in total. The number of amides is 2. The predicted octanol–water partition coefficient (Wildman–Crippen LogP) is -1.41. The fourth-order valence-electron chi connectivity index (χ4n) is 1.59. The Morgan fingerprint density at radius 1 is 1.29 bits per heavy atom. The first-order valence-corrected chi connectivity index (χ1v) is 6.30. The summed E-state index contributed by atoms with van der Waals surface area (Å²) >= 11 is 0. The Morgan fingerprint density at radius 3 is 2.62 bits per heavy atom. The highest BCUT2D eigenvalue weighted by Crippen LogP contribution is 2.25. The molecule has 1 aromatic rings. The van der Waals surface area contributed by atoms with Gasteiger partial charge in [-0.1, -0.05) is 6.07 Å². The van der Waals surface area contributed by atoms with E-state index in [1.807, 2.05) is 0 Å². The zero-order valence-corrected chi connectivity index (χ0v) is 11.4. The monoisotopic (exact) mass is 297 g/mol. The van der Waals surface area contributed by atoms with Crippen LogP contribution in [0.2, 0.25) is 0 Å². The quantitative estimate of drug-likeness (QED) is 0.294. The van der Waals surface area contributed by atoms with Crippen molar-refractivity contribution in [1.82, 2.24) is 5.32 Å². The highest BCUT2D eigenvalue weighted by Gasteiger charge is 2.14. The Kier molecular flexibility index (Phi) is 6.44. The summed E-state index contributed by atoms with van der Waals surface area (Å²) < 4.78 is 4.88. The van der Waals surface area contributed by atoms with E-state index in [2.05, 4.69) is 5.32 Å². The van der Waals surface area contributed by atoms with Crippen LogP contribution in [-0.2, 0) is 20.7 Å². The minimum atomic E-state index is -0.801. The van der Waals surface area contributed by atoms with E-state index in [-0.39, 0.29) is 43.6 Å². The van der Waals surface area contributed by atoms with E-state index in [4.69, 9.17) is 16.2 Å². The standard InChI is InChI=1S/C13H19N3O5/c14-9(5-8-1-2-10(17)11(18)6-8)13(20)16-3-4-21-7-12(15)19/h1-2,6,9,17-18H,3-5,7,14H2,(H2,15,19)(H,16,20)/t9-/m0/s1. The van der Waals surface area contributed by atoms with Gasteiger partial charge in [0.05, 0.1) is 12.6 Å². The summed E-state index contributed by atoms with van der Waals surface area (Å²) in [7, 11) is 0. The van der Waals surface area contributed by atoms with E-state index in [0.29, 0.717) is 5.56 Å². The van der Waals surface area contributed by atoms with E-state index < -0.39 is 11.9 Å². The summed E-state index contributed by atoms with van der Waals surface area (Å²) in [6, 6.07) is 3.44. The second kappa shape index (κ2) is 8.08. The molecule has 1 atom stereocenters. The molecule has 0 bridgehead atoms. The van der Waals surface area contributed by atoms with E-state index in [9.17, 15) is 19.8 Å². The molecule has 0 aliphatic heterocycles. The molecule has 0 spiro atoms. The number of carbonyl (C=O) groups excluding carboxylic acids is 2. The first-order chi connectivity index (χ1) is 9.90. The number of carbonyl (C=O) groups is 2. The maximum atomic E-state index is 11.7. The lowest BCUT2D eigenvalue weighted by atomic mass is 10.1. The Hall–Kier alpha value is -2.32. The smallest absolute Gasteiger partial charge is 0.243 e. The third kappa shape index (κ3) is 6.11. The van der Waals surface area contributed by atoms with Crippen LogP contribution < -0.4 is 16.8 Å². The van der Waals surface area contributed by atoms with Crippen molar-refractivity contribution in [3.05, 3.63) is 23.8 Å². The van der Waals surface area contributed by atoms with Gasteiger partial charge in [0.1, 0.15) is 6.61 Å². The Morgan fingerprint density at radius 2 is 2.00 bits per heavy atom. The van der Waals surface area contributed by atoms with Gasteiger partial charge in [-0.2, -0.15) is 0 Å². The fourth-order valence-corrected chi connectivity index (χ4v) is 1.59. The molecule has 1 rings (SSSR count). The number of hydrogen-bond acceptors (Lipinski definition) is 6. The summed E-state index contributed by atoms with van der Waals surface area (Å²) in [5.74, 6) is -1.46. The fraction of sp³-hybridized carbons (Fsp3) is 0.385. The molecule has 8 nitrogen and oxygen atoms in total. The van der Waals surface area contributed by atoms with E-state index >= 15 is 0 Å². The molecular weight excluding hydrogens is 278 g/mol. The van der Waals surface area contributed by atoms with Gasteiger partial charge in [0, 0.05) is 6.54 Å². The van der Waals surface area contributed by atoms with Crippen molar-refractivity contribution in [2.24, 2.45) is 11.5 Å². The highest BCUT2D eigenvalue weighted by atomic mass is 16.5. The van der Waals surface area contributed by atoms with Crippen LogP contribution in [0.25, 0.3) is 0 Å². The average Bonchev–Trinajstić information content (AvgIpc) is 2.42. The Bertz CT molecular complexity index is 507. The predicted molar refractivity (Wildman–Crippen MR) is 74.5 cm³/mol. The van der Waals surface area contributed by atoms with E-state index in [1.165, 1.54) is 12.1 Å². The SMILES string of the molecule is NC(=O)COCCNC(=O)[C@@H](N)Cc1ccc(O)c(O)c1. The lowest BCUT2D eigenvalue weighted by molar-refractivity contribution is -0.123. The van der Waals surface area contributed by atoms with Crippen LogP contribution in [0.3, 0.4) is 0 Å². The van der Waals surface area contributed by atoms with Crippen molar-refractivity contribution in [2.45, 2.75) is 12.5 Å². The van der Waals surface area contributed by atoms with Gasteiger partial charge in [-0.15, -0.1) is 0 Å². The molecule has 2 amide bonds. The van der Waals surface area contributed by atoms with Gasteiger partial charge in [-0.05, 0) is 24.1 Å². The lowest BCUT2D eigenvalue weighted by Crippen LogP contribution is -2.43. The van der Waals surface area contributed by atoms with Crippen LogP contribution in [0.15, 0.2) is 18.2 Å². The first-order valence-electron chi connectivity index (χ1n) is 6.30. The van der Waals surface area contributed by atoms with Crippen LogP contribution in [0.5, 0.6) is 11.5 Å². The van der Waals surface area contributed by atoms with Gasteiger partial charge in [0.2, 0.25) is 11.8 Å². The van der Waals surface area contributed by atoms with Gasteiger partial charge in [0.15, 0.2) is 11.5 Å². The summed E-state index contributed by atoms with van der Waals surface area (Å²) in [6.07, 6.45) is 0.210. The number of phenols is 2. The normalized spacial score (nSPS) is 11.9. The topological polar surface area (TPSA) is 148 Å². The van der Waals surface area contributed by atoms with Crippen LogP contribution in [0.1, 0.15) is 5.56 Å². The largest absolute Gasteiger partial charge is 0.504 e. The lowest BCUT2D eigenvalue weighted by Gasteiger charge is -2.12. The van der Waals surface area contributed by atoms with E-state index in [0.717, 1.165) is 0 Å². The summed E-state index contributed by atoms with van der Waals surface area (Å²) in [5, 5.41) is 21.1. The third-order valence-electron chi connectivity index (χ3n) is 2.62. The van der Waals surface area contributed by atoms with Crippen molar-refractivity contribution in [3.63, 3.8) is 0 Å². The summed E-state index contributed by atoms with van der Waals surface area (Å²) in [4.78, 5) is 22.1. The van der Waals surface area contributed by atoms with Crippen LogP contribution in [-0.4, -0.2) is 47.8 Å². The molecule has 0 aliphatic carbocycles. The number of nitrogens with two attached hydrogens (primary N) is 2. The molecule has 0 aromatic heterocycles. The molecule has 0 saturated carbocycles. The first kappa shape index (κ1) is 16.7. The van der Waals surface area contributed by atoms with Crippen molar-refractivity contribution in [1.29, 1.82) is 0 Å². The molecule has 21 heavy (non-hydrogen) atoms. The minimum absolute atomic E-state index is 0.154. The van der Waals surface area contributed by atoms with Crippen molar-refractivity contribution < 1.29 is 24.5 Å². The van der Waals surface area contributed by atoms with Crippen LogP contribution >= 0.6 is 0 Å². The molecule has 8 heteroatoms. The minimum Gasteiger partial charge on any atom is -0.504 e. The number of aromatic hydroxyl groups is 2. The Labute approximate surface area is 121 Å². The van der Waals surface area contributed by atoms with Crippen LogP contribution in [0, 0.1) is 0 Å². The van der Waals surface area contributed by atoms with Gasteiger partial charge >= 0.3 is 0 Å². The third-order valence-corrected chi connectivity index (χ3v) is 2.62. The van der Waals surface area contributed by atoms with Gasteiger partial charge in [-0.25, -0.2) is 0 Å². The zero-order valence-electron chi connectivity index (χ0n) is 11.4. The number of ether oxygens (including phenoxy) is 1. The Balaban J connectivity index is 2.33. The molecular formula is C13H19N3O5. The maximum Gasteiger partial charge on any atom is 0.243 e. The molecule has 0 radical (unpaired) electrons. The molecule has 0 unspecified atom stereocenters. The molecule has 0 fully saturated rings. The van der Waals surface area contributed by atoms with Crippen molar-refractivity contribution >= 4 is 11.8 Å². The van der Waals surface area contributed by atoms with Crippen molar-refractivity contribution in [3.8, 4) is 11.5 Å². The number of rotatable bonds is 8. The highest BCUT2D eigenvalue weighted by molar-refractivity contribution is 5.81. The number of primary amides is 1. The van der Waals surface area contributed by atoms with E-state index in [1.54, 1.807) is 6.07 Å². The van der Waals surface area contributed by atoms with Crippen LogP contribution in [0.4, 0.5) is 0 Å². The number of phenolic OH excluding ortho intramolecular Hbond substituents is 2. The van der Waals surface area contributed by atoms with Gasteiger partial charge in [-0.3, -0.25) is 9.59 Å². The number of nitrogens with one attached hydrogen (secondary N) is 1. The summed E-state index contributed by atoms with van der Waals surface area (Å²) in [6.45, 7) is 0.163. The summed E-state index contributed by atoms with van der Waals surface area (Å²) in [5.41, 5.74) is 11.2. The maximum absolute atomic E-state index is 11.7. The average molecular weight is 297 g/mol. The second-order valence-electron chi connectivity index (χ2n) is 4.44. The number of hydrogen-bond donors (Lipinski definition) is 5. The van der Waals surface area contributed by atoms with Gasteiger partial charge < -0.3 is 31.7 Å². The zero-order chi connectivity index (χ0) is 15.8. The van der Waals surface area contributed by atoms with Crippen molar-refractivity contribution in [2.75, 3.05) is 19.8 Å². The molecule has 1 aromatic carbocycles. The van der Waals surface area contributed by atoms with Gasteiger partial charge in [0.25, 0.3) is 0 Å². The number of benzene rings is 1. The molecule has 0 heterocycles.